The van der Waals surface area contributed by atoms with Crippen molar-refractivity contribution < 1.29 is 18.3 Å². The number of carbonyl (C=O) groups is 1. The van der Waals surface area contributed by atoms with Crippen LogP contribution in [0, 0.1) is 34.5 Å². The Morgan fingerprint density at radius 2 is 1.97 bits per heavy atom. The highest BCUT2D eigenvalue weighted by Crippen LogP contribution is 2.59. The van der Waals surface area contributed by atoms with Gasteiger partial charge in [0.1, 0.15) is 6.10 Å². The van der Waals surface area contributed by atoms with Crippen LogP contribution in [0.3, 0.4) is 0 Å². The maximum absolute atomic E-state index is 14.7. The third-order valence-corrected chi connectivity index (χ3v) is 7.22. The zero-order valence-electron chi connectivity index (χ0n) is 17.7. The summed E-state index contributed by atoms with van der Waals surface area (Å²) in [5.41, 5.74) is 2.09. The highest BCUT2D eigenvalue weighted by atomic mass is 19.3. The van der Waals surface area contributed by atoms with Gasteiger partial charge in [0.15, 0.2) is 0 Å². The summed E-state index contributed by atoms with van der Waals surface area (Å²) in [5, 5.41) is 9.29. The summed E-state index contributed by atoms with van der Waals surface area (Å²) in [4.78, 5) is 16.7. The van der Waals surface area contributed by atoms with E-state index in [1.807, 2.05) is 25.1 Å². The standard InChI is InChI=1S/C25H24F2N2O2/c1-15-21(24(3)16(2)31-23(30)22(24)12-25(15,26)27)11-10-19-9-8-18(14-29-19)20-7-5-4-6-17(20)13-28/h4-11,14-16,21-22H,12H2,1-3H3. The fourth-order valence-corrected chi connectivity index (χ4v) is 5.06. The molecule has 160 valence electrons. The van der Waals surface area contributed by atoms with Gasteiger partial charge in [-0.15, -0.1) is 0 Å². The molecule has 31 heavy (non-hydrogen) atoms. The molecule has 2 aromatic rings. The normalized spacial score (nSPS) is 31.8. The molecule has 1 aliphatic heterocycles. The van der Waals surface area contributed by atoms with Crippen LogP contribution in [-0.4, -0.2) is 23.0 Å². The first kappa shape index (κ1) is 21.2. The van der Waals surface area contributed by atoms with E-state index in [2.05, 4.69) is 11.1 Å². The van der Waals surface area contributed by atoms with Gasteiger partial charge in [0, 0.05) is 35.1 Å². The molecule has 1 saturated carbocycles. The van der Waals surface area contributed by atoms with Crippen molar-refractivity contribution in [3.05, 3.63) is 59.9 Å². The van der Waals surface area contributed by atoms with Crippen molar-refractivity contribution in [1.29, 1.82) is 5.26 Å². The molecule has 0 N–H and O–H groups in total. The van der Waals surface area contributed by atoms with Crippen molar-refractivity contribution in [2.75, 3.05) is 0 Å². The largest absolute Gasteiger partial charge is 0.462 e. The van der Waals surface area contributed by atoms with Crippen molar-refractivity contribution in [1.82, 2.24) is 4.98 Å². The van der Waals surface area contributed by atoms with Gasteiger partial charge < -0.3 is 4.74 Å². The SMILES string of the molecule is CC1C(C=Cc2ccc(-c3ccccc3C#N)cn2)C2(C)C(C)OC(=O)C2CC1(F)F. The first-order valence-electron chi connectivity index (χ1n) is 10.4. The summed E-state index contributed by atoms with van der Waals surface area (Å²) in [7, 11) is 0. The second kappa shape index (κ2) is 7.56. The maximum Gasteiger partial charge on any atom is 0.310 e. The minimum atomic E-state index is -2.94. The van der Waals surface area contributed by atoms with Crippen LogP contribution >= 0.6 is 0 Å². The van der Waals surface area contributed by atoms with E-state index in [9.17, 15) is 18.8 Å². The molecule has 0 amide bonds. The Bertz CT molecular complexity index is 1070. The first-order chi connectivity index (χ1) is 14.7. The Hall–Kier alpha value is -3.07. The number of nitriles is 1. The van der Waals surface area contributed by atoms with E-state index in [-0.39, 0.29) is 0 Å². The number of ether oxygens (including phenoxy) is 1. The van der Waals surface area contributed by atoms with Crippen molar-refractivity contribution in [2.24, 2.45) is 23.2 Å². The van der Waals surface area contributed by atoms with Gasteiger partial charge in [0.05, 0.1) is 23.2 Å². The molecule has 5 unspecified atom stereocenters. The zero-order valence-corrected chi connectivity index (χ0v) is 17.7. The van der Waals surface area contributed by atoms with Crippen LogP contribution in [0.25, 0.3) is 17.2 Å². The third kappa shape index (κ3) is 3.42. The zero-order chi connectivity index (χ0) is 22.4. The van der Waals surface area contributed by atoms with E-state index < -0.39 is 47.6 Å². The van der Waals surface area contributed by atoms with Crippen LogP contribution in [0.1, 0.15) is 38.4 Å². The second-order valence-electron chi connectivity index (χ2n) is 8.77. The van der Waals surface area contributed by atoms with Gasteiger partial charge in [-0.1, -0.05) is 44.2 Å². The Morgan fingerprint density at radius 3 is 2.65 bits per heavy atom. The molecule has 0 spiro atoms. The predicted molar refractivity (Wildman–Crippen MR) is 113 cm³/mol. The van der Waals surface area contributed by atoms with Crippen LogP contribution in [0.4, 0.5) is 8.78 Å². The number of hydrogen-bond donors (Lipinski definition) is 0. The number of fused-ring (bicyclic) bond motifs is 1. The number of carbonyl (C=O) groups excluding carboxylic acids is 1. The number of allylic oxidation sites excluding steroid dienone is 1. The highest BCUT2D eigenvalue weighted by molar-refractivity contribution is 5.77. The number of esters is 1. The summed E-state index contributed by atoms with van der Waals surface area (Å²) < 4.78 is 34.8. The monoisotopic (exact) mass is 422 g/mol. The van der Waals surface area contributed by atoms with Crippen LogP contribution < -0.4 is 0 Å². The molecule has 4 nitrogen and oxygen atoms in total. The van der Waals surface area contributed by atoms with Crippen LogP contribution in [0.5, 0.6) is 0 Å². The summed E-state index contributed by atoms with van der Waals surface area (Å²) in [5.74, 6) is -5.76. The Kier molecular flexibility index (Phi) is 5.17. The third-order valence-electron chi connectivity index (χ3n) is 7.22. The summed E-state index contributed by atoms with van der Waals surface area (Å²) in [6.45, 7) is 5.21. The molecule has 0 bridgehead atoms. The molecule has 1 aromatic heterocycles. The number of cyclic esters (lactones) is 1. The van der Waals surface area contributed by atoms with E-state index >= 15 is 0 Å². The smallest absolute Gasteiger partial charge is 0.310 e. The quantitative estimate of drug-likeness (QED) is 0.614. The van der Waals surface area contributed by atoms with E-state index in [4.69, 9.17) is 4.74 Å². The lowest BCUT2D eigenvalue weighted by atomic mass is 9.55. The van der Waals surface area contributed by atoms with Gasteiger partial charge in [-0.2, -0.15) is 5.26 Å². The predicted octanol–water partition coefficient (Wildman–Crippen LogP) is 5.49. The maximum atomic E-state index is 14.7. The Labute approximate surface area is 180 Å². The summed E-state index contributed by atoms with van der Waals surface area (Å²) in [6.07, 6.45) is 4.26. The van der Waals surface area contributed by atoms with Crippen LogP contribution in [-0.2, 0) is 9.53 Å². The lowest BCUT2D eigenvalue weighted by molar-refractivity contribution is -0.161. The van der Waals surface area contributed by atoms with E-state index in [1.54, 1.807) is 50.4 Å². The lowest BCUT2D eigenvalue weighted by Gasteiger charge is -2.48. The fourth-order valence-electron chi connectivity index (χ4n) is 5.06. The van der Waals surface area contributed by atoms with Crippen LogP contribution in [0.15, 0.2) is 48.7 Å². The lowest BCUT2D eigenvalue weighted by Crippen LogP contribution is -2.53. The van der Waals surface area contributed by atoms with E-state index in [0.717, 1.165) is 11.1 Å². The number of alkyl halides is 2. The van der Waals surface area contributed by atoms with Crippen molar-refractivity contribution >= 4 is 12.0 Å². The molecule has 1 aliphatic carbocycles. The van der Waals surface area contributed by atoms with Gasteiger partial charge in [-0.05, 0) is 31.1 Å². The number of benzene rings is 1. The molecule has 6 heteroatoms. The van der Waals surface area contributed by atoms with Crippen molar-refractivity contribution in [2.45, 2.75) is 39.2 Å². The molecule has 2 heterocycles. The first-order valence-corrected chi connectivity index (χ1v) is 10.4. The van der Waals surface area contributed by atoms with Crippen molar-refractivity contribution in [3.63, 3.8) is 0 Å². The second-order valence-corrected chi connectivity index (χ2v) is 8.77. The molecule has 1 aromatic carbocycles. The molecule has 1 saturated heterocycles. The molecular weight excluding hydrogens is 398 g/mol. The van der Waals surface area contributed by atoms with E-state index in [0.29, 0.717) is 11.3 Å². The summed E-state index contributed by atoms with van der Waals surface area (Å²) >= 11 is 0. The molecule has 5 atom stereocenters. The highest BCUT2D eigenvalue weighted by Gasteiger charge is 2.65. The van der Waals surface area contributed by atoms with Gasteiger partial charge in [-0.25, -0.2) is 8.78 Å². The minimum absolute atomic E-state index is 0.434. The molecule has 2 fully saturated rings. The summed E-state index contributed by atoms with van der Waals surface area (Å²) in [6, 6.07) is 13.1. The number of rotatable bonds is 3. The fraction of sp³-hybridized carbons (Fsp3) is 0.400. The Balaban J connectivity index is 1.64. The van der Waals surface area contributed by atoms with Gasteiger partial charge in [0.25, 0.3) is 5.92 Å². The molecule has 4 rings (SSSR count). The number of aromatic nitrogens is 1. The van der Waals surface area contributed by atoms with Gasteiger partial charge >= 0.3 is 5.97 Å². The molecule has 2 aliphatic rings. The molecule has 0 radical (unpaired) electrons. The van der Waals surface area contributed by atoms with E-state index in [1.165, 1.54) is 0 Å². The average molecular weight is 422 g/mol. The number of nitrogens with zero attached hydrogens (tertiary/aromatic N) is 2. The number of halogens is 2. The Morgan fingerprint density at radius 1 is 1.23 bits per heavy atom. The van der Waals surface area contributed by atoms with Gasteiger partial charge in [0.2, 0.25) is 0 Å². The topological polar surface area (TPSA) is 63.0 Å². The minimum Gasteiger partial charge on any atom is -0.462 e. The number of hydrogen-bond acceptors (Lipinski definition) is 4. The average Bonchev–Trinajstić information content (AvgIpc) is 2.97. The van der Waals surface area contributed by atoms with Crippen LogP contribution in [0.2, 0.25) is 0 Å². The van der Waals surface area contributed by atoms with Crippen molar-refractivity contribution in [3.8, 4) is 17.2 Å². The molecular formula is C25H24F2N2O2. The van der Waals surface area contributed by atoms with Gasteiger partial charge in [-0.3, -0.25) is 9.78 Å². The number of pyridine rings is 1.